The number of aliphatic hydroxyl groups excluding tert-OH is 1. The first-order valence-corrected chi connectivity index (χ1v) is 33.5. The van der Waals surface area contributed by atoms with Crippen LogP contribution in [0, 0.1) is 23.7 Å². The molecule has 3 fully saturated rings. The second kappa shape index (κ2) is 31.8. The Labute approximate surface area is 553 Å². The highest BCUT2D eigenvalue weighted by Gasteiger charge is 2.43. The van der Waals surface area contributed by atoms with Gasteiger partial charge in [-0.25, -0.2) is 19.2 Å². The predicted molar refractivity (Wildman–Crippen MR) is 353 cm³/mol. The summed E-state index contributed by atoms with van der Waals surface area (Å²) in [6, 6.07) is 23.3. The molecule has 8 rings (SSSR count). The summed E-state index contributed by atoms with van der Waals surface area (Å²) in [4.78, 5) is 124. The number of benzene rings is 3. The van der Waals surface area contributed by atoms with E-state index in [0.29, 0.717) is 47.4 Å². The summed E-state index contributed by atoms with van der Waals surface area (Å²) >= 11 is 0. The molecule has 21 nitrogen and oxygen atoms in total. The number of nitrogens with zero attached hydrogens (tertiary/aromatic N) is 8. The van der Waals surface area contributed by atoms with Gasteiger partial charge in [-0.3, -0.25) is 28.5 Å². The minimum atomic E-state index is -1.58. The number of esters is 4. The summed E-state index contributed by atoms with van der Waals surface area (Å²) in [5, 5.41) is 20.0. The second-order valence-electron chi connectivity index (χ2n) is 27.8. The van der Waals surface area contributed by atoms with E-state index in [1.54, 1.807) is 16.8 Å². The fourth-order valence-corrected chi connectivity index (χ4v) is 12.2. The van der Waals surface area contributed by atoms with Gasteiger partial charge in [0, 0.05) is 64.1 Å². The number of likely N-dealkylation sites (N-methyl/N-ethyl adjacent to an activating group) is 4. The average Bonchev–Trinajstić information content (AvgIpc) is 1.65. The summed E-state index contributed by atoms with van der Waals surface area (Å²) in [5.74, 6) is -6.56. The van der Waals surface area contributed by atoms with E-state index in [-0.39, 0.29) is 68.8 Å². The number of hydrogen-bond acceptors (Lipinski definition) is 15. The van der Waals surface area contributed by atoms with Crippen molar-refractivity contribution in [2.75, 3.05) is 28.2 Å². The molecule has 0 unspecified atom stereocenters. The standard InChI is InChI=1S/C73H98N8O13/c1-43(2)32-60-70(87)91-48(10)67(84)77(12)63(35-46(7)8)73(90)94-65(37-50-22-26-52(27-23-50)41-81-59(55-30-31-55)39-58(75-81)54-28-29-54)69(86)79(14)61(33-44(3)4)71(88)92-47(9)66(83)76(11)62(34-45(5)6)72(89)93-64(68(85)78(60)13)36-49-20-24-51(25-21-49)40-80-56(42-82)38-57(74-80)53-18-16-15-17-19-53/h15-27,38-39,43-48,54-55,60-65,82H,28-37,40-42H2,1-14H3/t47-,48-,60+,61+,62+,63+,64-,65-/m1/s1. The Morgan fingerprint density at radius 2 is 0.809 bits per heavy atom. The molecule has 1 saturated heterocycles. The summed E-state index contributed by atoms with van der Waals surface area (Å²) in [5.41, 5.74) is 7.56. The molecule has 2 aromatic heterocycles. The van der Waals surface area contributed by atoms with Crippen molar-refractivity contribution in [1.29, 1.82) is 0 Å². The van der Waals surface area contributed by atoms with Crippen LogP contribution < -0.4 is 0 Å². The molecule has 3 heterocycles. The molecule has 8 atom stereocenters. The Morgan fingerprint density at radius 3 is 1.18 bits per heavy atom. The maximum Gasteiger partial charge on any atom is 0.329 e. The fraction of sp³-hybridized carbons (Fsp3) is 0.562. The molecule has 0 radical (unpaired) electrons. The van der Waals surface area contributed by atoms with Crippen molar-refractivity contribution in [2.24, 2.45) is 23.7 Å². The number of rotatable bonds is 20. The van der Waals surface area contributed by atoms with Crippen LogP contribution in [0.3, 0.4) is 0 Å². The number of carbonyl (C=O) groups excluding carboxylic acids is 8. The highest BCUT2D eigenvalue weighted by atomic mass is 16.6. The SMILES string of the molecule is CC(C)C[C@H]1C(=O)O[C@H](Cc2ccc(Cn3nc(C4CC4)cc3C3CC3)cc2)C(=O)N(C)[C@@H](CC(C)C)C(=O)O[C@H](C)C(=O)N(C)[C@@H](CC(C)C)C(=O)O[C@H](Cc2ccc(Cn3nc(-c4ccccc4)cc3CO)cc2)C(=O)N(C)[C@@H](CC(C)C)C(=O)O[C@H](C)C(=O)N1C. The highest BCUT2D eigenvalue weighted by molar-refractivity contribution is 5.94. The maximum absolute atomic E-state index is 15.2. The first-order chi connectivity index (χ1) is 44.6. The lowest BCUT2D eigenvalue weighted by Crippen LogP contribution is -2.55. The summed E-state index contributed by atoms with van der Waals surface area (Å²) in [6.07, 6.45) is -1.61. The topological polar surface area (TPSA) is 242 Å². The number of aliphatic hydroxyl groups is 1. The van der Waals surface area contributed by atoms with Gasteiger partial charge in [0.1, 0.15) is 24.2 Å². The Balaban J connectivity index is 1.12. The van der Waals surface area contributed by atoms with Crippen LogP contribution in [0.15, 0.2) is 91.0 Å². The molecule has 5 aromatic rings. The first-order valence-electron chi connectivity index (χ1n) is 33.5. The fourth-order valence-electron chi connectivity index (χ4n) is 12.2. The molecule has 3 aromatic carbocycles. The predicted octanol–water partition coefficient (Wildman–Crippen LogP) is 9.07. The Kier molecular flexibility index (Phi) is 24.3. The molecule has 0 bridgehead atoms. The van der Waals surface area contributed by atoms with Crippen LogP contribution in [0.2, 0.25) is 0 Å². The van der Waals surface area contributed by atoms with Gasteiger partial charge < -0.3 is 43.7 Å². The number of aromatic nitrogens is 4. The minimum absolute atomic E-state index is 0.0616. The van der Waals surface area contributed by atoms with E-state index >= 15 is 9.59 Å². The number of carbonyl (C=O) groups is 8. The second-order valence-corrected chi connectivity index (χ2v) is 27.8. The third kappa shape index (κ3) is 18.6. The lowest BCUT2D eigenvalue weighted by Gasteiger charge is -2.35. The van der Waals surface area contributed by atoms with Crippen LogP contribution in [0.25, 0.3) is 11.3 Å². The largest absolute Gasteiger partial charge is 0.451 e. The van der Waals surface area contributed by atoms with Crippen molar-refractivity contribution in [1.82, 2.24) is 39.2 Å². The van der Waals surface area contributed by atoms with Crippen LogP contribution in [-0.2, 0) is 89.8 Å². The number of hydrogen-bond donors (Lipinski definition) is 1. The van der Waals surface area contributed by atoms with Crippen molar-refractivity contribution in [3.63, 3.8) is 0 Å². The van der Waals surface area contributed by atoms with E-state index in [1.807, 2.05) is 128 Å². The molecule has 2 saturated carbocycles. The Morgan fingerprint density at radius 1 is 0.447 bits per heavy atom. The van der Waals surface area contributed by atoms with Crippen molar-refractivity contribution in [3.05, 3.63) is 130 Å². The molecular weight excluding hydrogens is 1200 g/mol. The number of ether oxygens (including phenoxy) is 4. The lowest BCUT2D eigenvalue weighted by molar-refractivity contribution is -0.176. The summed E-state index contributed by atoms with van der Waals surface area (Å²) in [7, 11) is 5.60. The normalized spacial score (nSPS) is 23.1. The molecule has 3 aliphatic rings. The van der Waals surface area contributed by atoms with Gasteiger partial charge in [0.15, 0.2) is 24.4 Å². The van der Waals surface area contributed by atoms with Crippen LogP contribution in [0.1, 0.15) is 172 Å². The molecule has 94 heavy (non-hydrogen) atoms. The van der Waals surface area contributed by atoms with Crippen LogP contribution in [-0.4, -0.2) is 169 Å². The smallest absolute Gasteiger partial charge is 0.329 e. The first kappa shape index (κ1) is 71.6. The van der Waals surface area contributed by atoms with E-state index in [0.717, 1.165) is 62.8 Å². The molecule has 508 valence electrons. The van der Waals surface area contributed by atoms with E-state index in [4.69, 9.17) is 29.1 Å². The monoisotopic (exact) mass is 1290 g/mol. The third-order valence-electron chi connectivity index (χ3n) is 17.9. The summed E-state index contributed by atoms with van der Waals surface area (Å²) < 4.78 is 28.3. The third-order valence-corrected chi connectivity index (χ3v) is 17.9. The van der Waals surface area contributed by atoms with Crippen molar-refractivity contribution < 1.29 is 62.4 Å². The van der Waals surface area contributed by atoms with Crippen molar-refractivity contribution >= 4 is 47.5 Å². The van der Waals surface area contributed by atoms with Gasteiger partial charge >= 0.3 is 23.9 Å². The molecule has 0 spiro atoms. The zero-order valence-electron chi connectivity index (χ0n) is 57.4. The van der Waals surface area contributed by atoms with Crippen LogP contribution in [0.5, 0.6) is 0 Å². The van der Waals surface area contributed by atoms with Crippen molar-refractivity contribution in [2.45, 2.75) is 214 Å². The van der Waals surface area contributed by atoms with Crippen LogP contribution in [0.4, 0.5) is 0 Å². The van der Waals surface area contributed by atoms with Gasteiger partial charge in [-0.1, -0.05) is 134 Å². The Hall–Kier alpha value is -8.20. The van der Waals surface area contributed by atoms with E-state index in [2.05, 4.69) is 10.7 Å². The quantitative estimate of drug-likeness (QED) is 0.0564. The average molecular weight is 1300 g/mol. The highest BCUT2D eigenvalue weighted by Crippen LogP contribution is 2.45. The van der Waals surface area contributed by atoms with E-state index in [1.165, 1.54) is 52.6 Å². The van der Waals surface area contributed by atoms with Gasteiger partial charge in [-0.05, 0) is 123 Å². The number of amides is 4. The van der Waals surface area contributed by atoms with Crippen LogP contribution >= 0.6 is 0 Å². The molecule has 4 amide bonds. The van der Waals surface area contributed by atoms with Crippen molar-refractivity contribution in [3.8, 4) is 11.3 Å². The van der Waals surface area contributed by atoms with Gasteiger partial charge in [0.2, 0.25) is 0 Å². The van der Waals surface area contributed by atoms with Gasteiger partial charge in [0.05, 0.1) is 36.8 Å². The maximum atomic E-state index is 15.2. The molecule has 21 heteroatoms. The lowest BCUT2D eigenvalue weighted by atomic mass is 9.99. The zero-order chi connectivity index (χ0) is 68.4. The van der Waals surface area contributed by atoms with Gasteiger partial charge in [0.25, 0.3) is 23.6 Å². The summed E-state index contributed by atoms with van der Waals surface area (Å²) in [6.45, 7) is 18.2. The molecule has 1 N–H and O–H groups in total. The van der Waals surface area contributed by atoms with E-state index < -0.39 is 96.1 Å². The molecule has 2 aliphatic carbocycles. The number of cyclic esters (lactones) is 4. The zero-order valence-corrected chi connectivity index (χ0v) is 57.4. The van der Waals surface area contributed by atoms with E-state index in [9.17, 15) is 33.9 Å². The van der Waals surface area contributed by atoms with Gasteiger partial charge in [-0.2, -0.15) is 10.2 Å². The van der Waals surface area contributed by atoms with Gasteiger partial charge in [-0.15, -0.1) is 0 Å². The Bertz CT molecular complexity index is 3430. The molecule has 1 aliphatic heterocycles. The minimum Gasteiger partial charge on any atom is -0.451 e. The molecular formula is C73H98N8O13.